The first-order valence-corrected chi connectivity index (χ1v) is 7.30. The van der Waals surface area contributed by atoms with Gasteiger partial charge in [-0.3, -0.25) is 15.6 Å². The smallest absolute Gasteiger partial charge is 0.273 e. The van der Waals surface area contributed by atoms with Crippen LogP contribution in [-0.4, -0.2) is 16.6 Å². The van der Waals surface area contributed by atoms with E-state index in [1.807, 2.05) is 41.5 Å². The number of amides is 1. The van der Waals surface area contributed by atoms with Crippen LogP contribution in [0.3, 0.4) is 0 Å². The first-order chi connectivity index (χ1) is 9.40. The second-order valence-corrected chi connectivity index (χ2v) is 7.52. The van der Waals surface area contributed by atoms with Crippen LogP contribution in [0, 0.1) is 6.92 Å². The van der Waals surface area contributed by atoms with Crippen LogP contribution in [0.4, 0.5) is 0 Å². The highest BCUT2D eigenvalue weighted by Crippen LogP contribution is 2.26. The zero-order chi connectivity index (χ0) is 16.4. The van der Waals surface area contributed by atoms with Gasteiger partial charge in [-0.05, 0) is 46.0 Å². The minimum atomic E-state index is -0.273. The highest BCUT2D eigenvalue weighted by molar-refractivity contribution is 7.80. The van der Waals surface area contributed by atoms with Crippen molar-refractivity contribution < 1.29 is 9.21 Å². The Balaban J connectivity index is 2.69. The molecule has 0 aliphatic heterocycles. The molecule has 1 aromatic rings. The summed E-state index contributed by atoms with van der Waals surface area (Å²) in [6, 6.07) is 1.77. The molecule has 0 unspecified atom stereocenters. The maximum Gasteiger partial charge on any atom is 0.273 e. The molecule has 0 spiro atoms. The number of hydrogen-bond acceptors (Lipinski definition) is 3. The van der Waals surface area contributed by atoms with Crippen molar-refractivity contribution in [1.82, 2.24) is 16.2 Å². The lowest BCUT2D eigenvalue weighted by atomic mass is 9.93. The summed E-state index contributed by atoms with van der Waals surface area (Å²) in [6.07, 6.45) is 0. The summed E-state index contributed by atoms with van der Waals surface area (Å²) in [5.74, 6) is 1.10. The largest absolute Gasteiger partial charge is 0.465 e. The summed E-state index contributed by atoms with van der Waals surface area (Å²) in [5.41, 5.74) is 5.47. The predicted molar refractivity (Wildman–Crippen MR) is 88.2 cm³/mol. The highest BCUT2D eigenvalue weighted by atomic mass is 32.1. The monoisotopic (exact) mass is 311 g/mol. The van der Waals surface area contributed by atoms with Gasteiger partial charge in [0.1, 0.15) is 11.5 Å². The van der Waals surface area contributed by atoms with E-state index in [4.69, 9.17) is 16.6 Å². The molecule has 3 N–H and O–H groups in total. The molecule has 6 heteroatoms. The zero-order valence-electron chi connectivity index (χ0n) is 13.8. The van der Waals surface area contributed by atoms with Crippen LogP contribution >= 0.6 is 12.2 Å². The fourth-order valence-electron chi connectivity index (χ4n) is 1.63. The zero-order valence-corrected chi connectivity index (χ0v) is 14.6. The number of furan rings is 1. The van der Waals surface area contributed by atoms with Gasteiger partial charge in [0.2, 0.25) is 0 Å². The molecular formula is C15H25N3O2S. The van der Waals surface area contributed by atoms with E-state index in [1.165, 1.54) is 0 Å². The van der Waals surface area contributed by atoms with Crippen molar-refractivity contribution in [3.8, 4) is 0 Å². The molecule has 0 saturated heterocycles. The summed E-state index contributed by atoms with van der Waals surface area (Å²) in [5, 5.41) is 3.42. The first-order valence-electron chi connectivity index (χ1n) is 6.89. The number of aryl methyl sites for hydroxylation is 1. The van der Waals surface area contributed by atoms with Gasteiger partial charge in [-0.2, -0.15) is 0 Å². The number of carbonyl (C=O) groups excluding carboxylic acids is 1. The third kappa shape index (κ3) is 5.38. The molecule has 0 aliphatic carbocycles. The molecule has 0 fully saturated rings. The van der Waals surface area contributed by atoms with E-state index in [0.29, 0.717) is 16.4 Å². The third-order valence-corrected chi connectivity index (χ3v) is 2.88. The van der Waals surface area contributed by atoms with Crippen molar-refractivity contribution in [1.29, 1.82) is 0 Å². The van der Waals surface area contributed by atoms with Crippen LogP contribution in [0.25, 0.3) is 0 Å². The second kappa shape index (κ2) is 6.05. The number of rotatable bonds is 1. The number of hydrazine groups is 1. The van der Waals surface area contributed by atoms with Gasteiger partial charge in [-0.1, -0.05) is 20.8 Å². The van der Waals surface area contributed by atoms with Crippen molar-refractivity contribution in [2.45, 2.75) is 59.4 Å². The molecule has 5 nitrogen and oxygen atoms in total. The maximum atomic E-state index is 12.2. The van der Waals surface area contributed by atoms with Crippen molar-refractivity contribution >= 4 is 23.2 Å². The molecule has 0 aromatic carbocycles. The van der Waals surface area contributed by atoms with Gasteiger partial charge in [0, 0.05) is 11.0 Å². The van der Waals surface area contributed by atoms with Gasteiger partial charge < -0.3 is 9.73 Å². The van der Waals surface area contributed by atoms with Crippen molar-refractivity contribution in [2.75, 3.05) is 0 Å². The Morgan fingerprint density at radius 1 is 1.14 bits per heavy atom. The van der Waals surface area contributed by atoms with Crippen LogP contribution in [0.1, 0.15) is 63.4 Å². The van der Waals surface area contributed by atoms with Crippen molar-refractivity contribution in [2.24, 2.45) is 0 Å². The molecule has 21 heavy (non-hydrogen) atoms. The molecule has 0 saturated carbocycles. The molecule has 0 aliphatic rings. The Bertz CT molecular complexity index is 536. The lowest BCUT2D eigenvalue weighted by Gasteiger charge is -2.23. The molecule has 0 atom stereocenters. The van der Waals surface area contributed by atoms with Gasteiger partial charge in [-0.25, -0.2) is 0 Å². The number of nitrogens with one attached hydrogen (secondary N) is 3. The van der Waals surface area contributed by atoms with E-state index < -0.39 is 0 Å². The van der Waals surface area contributed by atoms with E-state index in [-0.39, 0.29) is 16.9 Å². The van der Waals surface area contributed by atoms with Crippen LogP contribution in [0.5, 0.6) is 0 Å². The third-order valence-electron chi connectivity index (χ3n) is 2.68. The normalized spacial score (nSPS) is 12.0. The van der Waals surface area contributed by atoms with E-state index in [9.17, 15) is 4.79 Å². The molecule has 0 bridgehead atoms. The standard InChI is InChI=1S/C15H25N3O2S/c1-9-10(8-11(20-9)14(2,3)4)12(19)17-18-13(21)16-15(5,6)7/h8H,1-7H3,(H,17,19)(H2,16,18,21). The Labute approximate surface area is 131 Å². The van der Waals surface area contributed by atoms with Gasteiger partial charge in [0.25, 0.3) is 5.91 Å². The predicted octanol–water partition coefficient (Wildman–Crippen LogP) is 2.79. The Morgan fingerprint density at radius 2 is 1.71 bits per heavy atom. The van der Waals surface area contributed by atoms with Gasteiger partial charge in [0.15, 0.2) is 5.11 Å². The topological polar surface area (TPSA) is 66.3 Å². The SMILES string of the molecule is Cc1oc(C(C)(C)C)cc1C(=O)NNC(=S)NC(C)(C)C. The molecular weight excluding hydrogens is 286 g/mol. The second-order valence-electron chi connectivity index (χ2n) is 7.11. The van der Waals surface area contributed by atoms with Crippen LogP contribution in [-0.2, 0) is 5.41 Å². The lowest BCUT2D eigenvalue weighted by Crippen LogP contribution is -2.52. The Morgan fingerprint density at radius 3 is 2.14 bits per heavy atom. The van der Waals surface area contributed by atoms with Crippen LogP contribution in [0.15, 0.2) is 10.5 Å². The average molecular weight is 311 g/mol. The fourth-order valence-corrected chi connectivity index (χ4v) is 1.99. The minimum absolute atomic E-state index is 0.139. The maximum absolute atomic E-state index is 12.2. The number of thiocarbonyl (C=S) groups is 1. The number of hydrogen-bond donors (Lipinski definition) is 3. The number of carbonyl (C=O) groups is 1. The summed E-state index contributed by atoms with van der Waals surface area (Å²) in [6.45, 7) is 13.8. The first kappa shape index (κ1) is 17.5. The quantitative estimate of drug-likeness (QED) is 0.550. The fraction of sp³-hybridized carbons (Fsp3) is 0.600. The van der Waals surface area contributed by atoms with E-state index in [2.05, 4.69) is 16.2 Å². The summed E-state index contributed by atoms with van der Waals surface area (Å²) < 4.78 is 5.65. The van der Waals surface area contributed by atoms with E-state index in [1.54, 1.807) is 13.0 Å². The molecule has 1 heterocycles. The van der Waals surface area contributed by atoms with Gasteiger partial charge in [0.05, 0.1) is 5.56 Å². The molecule has 1 amide bonds. The average Bonchev–Trinajstić information content (AvgIpc) is 2.65. The van der Waals surface area contributed by atoms with Gasteiger partial charge in [-0.15, -0.1) is 0 Å². The summed E-state index contributed by atoms with van der Waals surface area (Å²) >= 11 is 5.11. The van der Waals surface area contributed by atoms with Crippen molar-refractivity contribution in [3.63, 3.8) is 0 Å². The van der Waals surface area contributed by atoms with Crippen LogP contribution in [0.2, 0.25) is 0 Å². The highest BCUT2D eigenvalue weighted by Gasteiger charge is 2.23. The van der Waals surface area contributed by atoms with Crippen molar-refractivity contribution in [3.05, 3.63) is 23.2 Å². The molecule has 118 valence electrons. The Kier molecular flexibility index (Phi) is 5.04. The summed E-state index contributed by atoms with van der Waals surface area (Å²) in [7, 11) is 0. The lowest BCUT2D eigenvalue weighted by molar-refractivity contribution is 0.0942. The molecule has 0 radical (unpaired) electrons. The molecule has 1 aromatic heterocycles. The van der Waals surface area contributed by atoms with E-state index >= 15 is 0 Å². The molecule has 1 rings (SSSR count). The van der Waals surface area contributed by atoms with Crippen LogP contribution < -0.4 is 16.2 Å². The van der Waals surface area contributed by atoms with E-state index in [0.717, 1.165) is 5.76 Å². The summed E-state index contributed by atoms with van der Waals surface area (Å²) in [4.78, 5) is 12.2. The minimum Gasteiger partial charge on any atom is -0.465 e. The Hall–Kier alpha value is -1.56. The van der Waals surface area contributed by atoms with Gasteiger partial charge >= 0.3 is 0 Å².